The molecule has 3 aliphatic rings. The molecule has 2 heteroatoms. The molecule has 0 aromatic carbocycles. The van der Waals surface area contributed by atoms with Crippen LogP contribution >= 0.6 is 0 Å². The molecule has 0 amide bonds. The van der Waals surface area contributed by atoms with E-state index in [0.29, 0.717) is 0 Å². The van der Waals surface area contributed by atoms with Crippen LogP contribution in [0.4, 0.5) is 0 Å². The van der Waals surface area contributed by atoms with Crippen LogP contribution in [-0.4, -0.2) is 36.6 Å². The molecule has 1 aliphatic heterocycles. The van der Waals surface area contributed by atoms with Crippen molar-refractivity contribution in [1.82, 2.24) is 10.2 Å². The van der Waals surface area contributed by atoms with Crippen LogP contribution < -0.4 is 5.32 Å². The molecule has 3 atom stereocenters. The fourth-order valence-corrected chi connectivity index (χ4v) is 4.09. The van der Waals surface area contributed by atoms with E-state index in [1.807, 2.05) is 0 Å². The van der Waals surface area contributed by atoms with E-state index in [-0.39, 0.29) is 0 Å². The highest BCUT2D eigenvalue weighted by molar-refractivity contribution is 4.92. The molecule has 0 radical (unpaired) electrons. The van der Waals surface area contributed by atoms with Crippen molar-refractivity contribution in [2.24, 2.45) is 11.8 Å². The number of hydrogen-bond acceptors (Lipinski definition) is 2. The molecule has 18 heavy (non-hydrogen) atoms. The molecule has 2 aliphatic carbocycles. The molecule has 0 spiro atoms. The van der Waals surface area contributed by atoms with Crippen LogP contribution in [-0.2, 0) is 0 Å². The van der Waals surface area contributed by atoms with E-state index in [9.17, 15) is 0 Å². The molecule has 1 saturated heterocycles. The fourth-order valence-electron chi connectivity index (χ4n) is 4.09. The largest absolute Gasteiger partial charge is 0.312 e. The van der Waals surface area contributed by atoms with Crippen LogP contribution in [0.2, 0.25) is 0 Å². The first-order valence-corrected chi connectivity index (χ1v) is 8.34. The Morgan fingerprint density at radius 2 is 2.00 bits per heavy atom. The van der Waals surface area contributed by atoms with E-state index in [4.69, 9.17) is 0 Å². The third-order valence-electron chi connectivity index (χ3n) is 5.50. The van der Waals surface area contributed by atoms with Gasteiger partial charge in [-0.05, 0) is 57.0 Å². The maximum atomic E-state index is 3.80. The van der Waals surface area contributed by atoms with Gasteiger partial charge in [0.2, 0.25) is 0 Å². The van der Waals surface area contributed by atoms with Gasteiger partial charge in [0.1, 0.15) is 0 Å². The molecule has 1 heterocycles. The highest BCUT2D eigenvalue weighted by Crippen LogP contribution is 2.35. The second kappa shape index (κ2) is 5.92. The maximum Gasteiger partial charge on any atom is 0.0223 e. The van der Waals surface area contributed by atoms with Crippen LogP contribution in [0.25, 0.3) is 0 Å². The first-order valence-electron chi connectivity index (χ1n) is 8.34. The number of rotatable bonds is 3. The molecule has 2 nitrogen and oxygen atoms in total. The van der Waals surface area contributed by atoms with Crippen LogP contribution in [0.5, 0.6) is 0 Å². The summed E-state index contributed by atoms with van der Waals surface area (Å²) in [5.41, 5.74) is 0. The Morgan fingerprint density at radius 3 is 2.78 bits per heavy atom. The lowest BCUT2D eigenvalue weighted by Crippen LogP contribution is -2.45. The second-order valence-corrected chi connectivity index (χ2v) is 6.84. The average molecular weight is 250 g/mol. The molecular weight excluding hydrogens is 220 g/mol. The van der Waals surface area contributed by atoms with Gasteiger partial charge in [0.25, 0.3) is 0 Å². The van der Waals surface area contributed by atoms with E-state index in [1.165, 1.54) is 71.0 Å². The summed E-state index contributed by atoms with van der Waals surface area (Å²) in [6.07, 6.45) is 11.6. The zero-order valence-corrected chi connectivity index (χ0v) is 12.0. The van der Waals surface area contributed by atoms with Crippen molar-refractivity contribution >= 4 is 0 Å². The topological polar surface area (TPSA) is 15.3 Å². The standard InChI is InChI=1S/C16H30N2/c1-2-13-5-3-6-15(11-13)18-10-4-9-17-16(12-18)14-7-8-14/h13-17H,2-12H2,1H3. The van der Waals surface area contributed by atoms with Gasteiger partial charge in [0, 0.05) is 18.6 Å². The van der Waals surface area contributed by atoms with Crippen LogP contribution in [0.3, 0.4) is 0 Å². The Hall–Kier alpha value is -0.0800. The quantitative estimate of drug-likeness (QED) is 0.828. The van der Waals surface area contributed by atoms with E-state index < -0.39 is 0 Å². The molecule has 0 bridgehead atoms. The molecule has 2 saturated carbocycles. The second-order valence-electron chi connectivity index (χ2n) is 6.84. The third-order valence-corrected chi connectivity index (χ3v) is 5.50. The molecule has 0 aromatic rings. The van der Waals surface area contributed by atoms with Crippen LogP contribution in [0.15, 0.2) is 0 Å². The molecule has 0 aromatic heterocycles. The predicted molar refractivity (Wildman–Crippen MR) is 76.7 cm³/mol. The summed E-state index contributed by atoms with van der Waals surface area (Å²) in [6.45, 7) is 6.31. The lowest BCUT2D eigenvalue weighted by atomic mass is 9.83. The van der Waals surface area contributed by atoms with Crippen molar-refractivity contribution in [2.45, 2.75) is 70.4 Å². The molecule has 1 N–H and O–H groups in total. The number of nitrogens with one attached hydrogen (secondary N) is 1. The predicted octanol–water partition coefficient (Wildman–Crippen LogP) is 3.03. The Kier molecular flexibility index (Phi) is 4.25. The molecule has 3 rings (SSSR count). The van der Waals surface area contributed by atoms with Crippen LogP contribution in [0, 0.1) is 11.8 Å². The van der Waals surface area contributed by atoms with Crippen molar-refractivity contribution in [2.75, 3.05) is 19.6 Å². The summed E-state index contributed by atoms with van der Waals surface area (Å²) < 4.78 is 0. The summed E-state index contributed by atoms with van der Waals surface area (Å²) in [7, 11) is 0. The van der Waals surface area contributed by atoms with E-state index in [2.05, 4.69) is 17.1 Å². The van der Waals surface area contributed by atoms with Gasteiger partial charge < -0.3 is 5.32 Å². The smallest absolute Gasteiger partial charge is 0.0223 e. The first-order chi connectivity index (χ1) is 8.86. The SMILES string of the molecule is CCC1CCCC(N2CCCNC(C3CC3)C2)C1. The van der Waals surface area contributed by atoms with Crippen molar-refractivity contribution in [3.05, 3.63) is 0 Å². The average Bonchev–Trinajstić information content (AvgIpc) is 3.24. The minimum absolute atomic E-state index is 0.814. The van der Waals surface area contributed by atoms with Gasteiger partial charge in [-0.15, -0.1) is 0 Å². The lowest BCUT2D eigenvalue weighted by molar-refractivity contribution is 0.123. The van der Waals surface area contributed by atoms with Crippen molar-refractivity contribution in [1.29, 1.82) is 0 Å². The van der Waals surface area contributed by atoms with Crippen molar-refractivity contribution < 1.29 is 0 Å². The number of nitrogens with zero attached hydrogens (tertiary/aromatic N) is 1. The first kappa shape index (κ1) is 12.9. The Labute approximate surface area is 113 Å². The Morgan fingerprint density at radius 1 is 1.11 bits per heavy atom. The highest BCUT2D eigenvalue weighted by Gasteiger charge is 2.35. The molecule has 3 unspecified atom stereocenters. The van der Waals surface area contributed by atoms with Gasteiger partial charge >= 0.3 is 0 Å². The Bertz CT molecular complexity index is 262. The van der Waals surface area contributed by atoms with E-state index in [0.717, 1.165) is 23.9 Å². The fraction of sp³-hybridized carbons (Fsp3) is 1.00. The van der Waals surface area contributed by atoms with Gasteiger partial charge in [-0.2, -0.15) is 0 Å². The van der Waals surface area contributed by atoms with Crippen molar-refractivity contribution in [3.8, 4) is 0 Å². The zero-order chi connectivity index (χ0) is 12.4. The van der Waals surface area contributed by atoms with E-state index in [1.54, 1.807) is 0 Å². The normalized spacial score (nSPS) is 39.5. The van der Waals surface area contributed by atoms with E-state index >= 15 is 0 Å². The Balaban J connectivity index is 1.58. The van der Waals surface area contributed by atoms with Crippen LogP contribution in [0.1, 0.15) is 58.3 Å². The van der Waals surface area contributed by atoms with Gasteiger partial charge in [-0.25, -0.2) is 0 Å². The monoisotopic (exact) mass is 250 g/mol. The van der Waals surface area contributed by atoms with Gasteiger partial charge in [-0.3, -0.25) is 4.90 Å². The third kappa shape index (κ3) is 3.08. The molecular formula is C16H30N2. The lowest BCUT2D eigenvalue weighted by Gasteiger charge is -2.38. The highest BCUT2D eigenvalue weighted by atomic mass is 15.2. The zero-order valence-electron chi connectivity index (χ0n) is 12.0. The van der Waals surface area contributed by atoms with Gasteiger partial charge in [-0.1, -0.05) is 26.2 Å². The van der Waals surface area contributed by atoms with Gasteiger partial charge in [0.15, 0.2) is 0 Å². The van der Waals surface area contributed by atoms with Crippen molar-refractivity contribution in [3.63, 3.8) is 0 Å². The minimum atomic E-state index is 0.814. The summed E-state index contributed by atoms with van der Waals surface area (Å²) in [5.74, 6) is 2.02. The summed E-state index contributed by atoms with van der Waals surface area (Å²) in [4.78, 5) is 2.85. The summed E-state index contributed by atoms with van der Waals surface area (Å²) >= 11 is 0. The molecule has 3 fully saturated rings. The maximum absolute atomic E-state index is 3.80. The summed E-state index contributed by atoms with van der Waals surface area (Å²) in [6, 6.07) is 1.72. The number of hydrogen-bond donors (Lipinski definition) is 1. The minimum Gasteiger partial charge on any atom is -0.312 e. The summed E-state index contributed by atoms with van der Waals surface area (Å²) in [5, 5.41) is 3.80. The molecule has 104 valence electrons. The van der Waals surface area contributed by atoms with Gasteiger partial charge in [0.05, 0.1) is 0 Å².